The van der Waals surface area contributed by atoms with Crippen molar-refractivity contribution in [3.05, 3.63) is 227 Å². The second kappa shape index (κ2) is 16.5. The van der Waals surface area contributed by atoms with Crippen molar-refractivity contribution < 1.29 is 4.79 Å². The van der Waals surface area contributed by atoms with Gasteiger partial charge < -0.3 is 4.57 Å². The van der Waals surface area contributed by atoms with Crippen LogP contribution in [0.5, 0.6) is 0 Å². The zero-order chi connectivity index (χ0) is 40.0. The van der Waals surface area contributed by atoms with Crippen molar-refractivity contribution in [3.8, 4) is 22.5 Å². The van der Waals surface area contributed by atoms with E-state index in [2.05, 4.69) is 162 Å². The minimum atomic E-state index is -0.875. The number of carbonyl (C=O) groups is 1. The number of rotatable bonds is 13. The lowest BCUT2D eigenvalue weighted by molar-refractivity contribution is 0.111. The first-order valence-electron chi connectivity index (χ1n) is 20.0. The first-order valence-corrected chi connectivity index (χ1v) is 20.0. The lowest BCUT2D eigenvalue weighted by Gasteiger charge is -2.36. The third kappa shape index (κ3) is 6.97. The number of aldehydes is 1. The second-order valence-corrected chi connectivity index (χ2v) is 14.6. The van der Waals surface area contributed by atoms with Gasteiger partial charge in [0.1, 0.15) is 17.1 Å². The lowest BCUT2D eigenvalue weighted by Crippen LogP contribution is -2.39. The third-order valence-electron chi connectivity index (χ3n) is 11.1. The van der Waals surface area contributed by atoms with E-state index in [1.54, 1.807) is 0 Å². The minimum absolute atomic E-state index is 0.520. The Bertz CT molecular complexity index is 2780. The van der Waals surface area contributed by atoms with Gasteiger partial charge in [0.15, 0.2) is 12.1 Å². The van der Waals surface area contributed by atoms with E-state index in [9.17, 15) is 4.79 Å². The van der Waals surface area contributed by atoms with Crippen molar-refractivity contribution in [2.75, 3.05) is 0 Å². The standard InChI is InChI=1S/C52H42N6O/c1-2-17-50-53-48(35-34-40-20-16-19-39-18-12-13-27-45(39)40)49(37-59)57(50)36-38-30-32-41(33-31-38)46-28-14-15-29-47(46)51-54-55-56-58(51)52(42-21-6-3-7-22-42,43-23-8-4-9-24-43)44-25-10-5-11-26-44/h3-16,18-35,37H,2,17,36H2,1H3/b35-34-. The van der Waals surface area contributed by atoms with E-state index in [1.807, 2.05) is 53.2 Å². The Morgan fingerprint density at radius 3 is 1.85 bits per heavy atom. The number of benzene rings is 7. The van der Waals surface area contributed by atoms with Crippen LogP contribution in [0.25, 0.3) is 45.4 Å². The molecule has 59 heavy (non-hydrogen) atoms. The normalized spacial score (nSPS) is 11.7. The van der Waals surface area contributed by atoms with Crippen LogP contribution < -0.4 is 0 Å². The number of imidazole rings is 1. The Morgan fingerprint density at radius 1 is 0.610 bits per heavy atom. The molecule has 0 bridgehead atoms. The predicted molar refractivity (Wildman–Crippen MR) is 237 cm³/mol. The smallest absolute Gasteiger partial charge is 0.184 e. The number of carbonyl (C=O) groups excluding carboxylic acids is 1. The SMILES string of the molecule is CCCc1nc(/C=C\c2cccc3ccccc23)c(C=O)n1Cc1ccc(-c2ccccc2-c2nnnn2C(c2ccccc2)(c2ccccc2)c2ccccc2)cc1. The van der Waals surface area contributed by atoms with Crippen LogP contribution in [0.1, 0.15) is 63.2 Å². The molecule has 0 unspecified atom stereocenters. The van der Waals surface area contributed by atoms with Gasteiger partial charge in [0.05, 0.1) is 5.69 Å². The first kappa shape index (κ1) is 37.1. The zero-order valence-electron chi connectivity index (χ0n) is 32.8. The molecule has 0 spiro atoms. The third-order valence-corrected chi connectivity index (χ3v) is 11.1. The second-order valence-electron chi connectivity index (χ2n) is 14.6. The van der Waals surface area contributed by atoms with Gasteiger partial charge in [-0.3, -0.25) is 4.79 Å². The average molecular weight is 767 g/mol. The van der Waals surface area contributed by atoms with Crippen molar-refractivity contribution in [1.82, 2.24) is 29.8 Å². The van der Waals surface area contributed by atoms with E-state index in [0.717, 1.165) is 74.8 Å². The Hall–Kier alpha value is -7.51. The molecule has 0 aliphatic rings. The van der Waals surface area contributed by atoms with Crippen LogP contribution in [0, 0.1) is 0 Å². The van der Waals surface area contributed by atoms with E-state index in [1.165, 1.54) is 5.39 Å². The fourth-order valence-electron chi connectivity index (χ4n) is 8.32. The maximum Gasteiger partial charge on any atom is 0.184 e. The van der Waals surface area contributed by atoms with Crippen molar-refractivity contribution in [2.24, 2.45) is 0 Å². The Labute approximate surface area is 344 Å². The van der Waals surface area contributed by atoms with Gasteiger partial charge in [-0.15, -0.1) is 5.10 Å². The van der Waals surface area contributed by atoms with Crippen LogP contribution in [-0.4, -0.2) is 36.0 Å². The van der Waals surface area contributed by atoms with Crippen LogP contribution in [0.4, 0.5) is 0 Å². The monoisotopic (exact) mass is 766 g/mol. The van der Waals surface area contributed by atoms with Gasteiger partial charge in [-0.25, -0.2) is 9.67 Å². The number of nitrogens with zero attached hydrogens (tertiary/aromatic N) is 6. The summed E-state index contributed by atoms with van der Waals surface area (Å²) >= 11 is 0. The van der Waals surface area contributed by atoms with Gasteiger partial charge in [0.25, 0.3) is 0 Å². The number of fused-ring (bicyclic) bond motifs is 1. The highest BCUT2D eigenvalue weighted by Gasteiger charge is 2.42. The molecular weight excluding hydrogens is 725 g/mol. The molecule has 7 aromatic carbocycles. The van der Waals surface area contributed by atoms with Crippen molar-refractivity contribution in [2.45, 2.75) is 31.8 Å². The highest BCUT2D eigenvalue weighted by atomic mass is 16.1. The molecular formula is C52H42N6O. The van der Waals surface area contributed by atoms with Crippen LogP contribution in [0.15, 0.2) is 182 Å². The molecule has 2 aromatic heterocycles. The highest BCUT2D eigenvalue weighted by molar-refractivity contribution is 5.93. The molecule has 2 heterocycles. The maximum atomic E-state index is 12.7. The molecule has 0 radical (unpaired) electrons. The summed E-state index contributed by atoms with van der Waals surface area (Å²) in [6.07, 6.45) is 6.64. The summed E-state index contributed by atoms with van der Waals surface area (Å²) < 4.78 is 4.04. The topological polar surface area (TPSA) is 78.5 Å². The number of hydrogen-bond acceptors (Lipinski definition) is 5. The number of aromatic nitrogens is 6. The fraction of sp³-hybridized carbons (Fsp3) is 0.0962. The van der Waals surface area contributed by atoms with Crippen LogP contribution in [-0.2, 0) is 18.5 Å². The van der Waals surface area contributed by atoms with E-state index in [0.29, 0.717) is 23.8 Å². The Kier molecular flexibility index (Phi) is 10.4. The highest BCUT2D eigenvalue weighted by Crippen LogP contribution is 2.43. The molecule has 9 aromatic rings. The molecule has 0 saturated heterocycles. The minimum Gasteiger partial charge on any atom is -0.321 e. The van der Waals surface area contributed by atoms with E-state index < -0.39 is 5.54 Å². The Balaban J connectivity index is 1.09. The summed E-state index contributed by atoms with van der Waals surface area (Å²) in [5.41, 5.74) is 8.58. The maximum absolute atomic E-state index is 12.7. The van der Waals surface area contributed by atoms with Gasteiger partial charge in [-0.05, 0) is 72.6 Å². The molecule has 0 atom stereocenters. The van der Waals surface area contributed by atoms with E-state index in [-0.39, 0.29) is 0 Å². The predicted octanol–water partition coefficient (Wildman–Crippen LogP) is 11.2. The number of tetrazole rings is 1. The van der Waals surface area contributed by atoms with Crippen LogP contribution in [0.3, 0.4) is 0 Å². The van der Waals surface area contributed by atoms with Crippen molar-refractivity contribution in [3.63, 3.8) is 0 Å². The van der Waals surface area contributed by atoms with Crippen molar-refractivity contribution in [1.29, 1.82) is 0 Å². The molecule has 0 amide bonds. The molecule has 286 valence electrons. The van der Waals surface area contributed by atoms with E-state index >= 15 is 0 Å². The quantitative estimate of drug-likeness (QED) is 0.0862. The summed E-state index contributed by atoms with van der Waals surface area (Å²) in [6, 6.07) is 62.7. The van der Waals surface area contributed by atoms with Gasteiger partial charge in [-0.2, -0.15) is 0 Å². The molecule has 7 nitrogen and oxygen atoms in total. The average Bonchev–Trinajstić information content (AvgIpc) is 3.92. The molecule has 9 rings (SSSR count). The molecule has 0 N–H and O–H groups in total. The van der Waals surface area contributed by atoms with Gasteiger partial charge >= 0.3 is 0 Å². The molecule has 0 saturated carbocycles. The summed E-state index contributed by atoms with van der Waals surface area (Å²) in [5, 5.41) is 16.2. The number of aryl methyl sites for hydroxylation is 1. The summed E-state index contributed by atoms with van der Waals surface area (Å²) in [7, 11) is 0. The van der Waals surface area contributed by atoms with Gasteiger partial charge in [0, 0.05) is 18.5 Å². The van der Waals surface area contributed by atoms with Crippen LogP contribution in [0.2, 0.25) is 0 Å². The zero-order valence-corrected chi connectivity index (χ0v) is 32.8. The summed E-state index contributed by atoms with van der Waals surface area (Å²) in [6.45, 7) is 2.66. The molecule has 0 fully saturated rings. The Morgan fingerprint density at radius 2 is 1.20 bits per heavy atom. The molecule has 0 aliphatic carbocycles. The summed E-state index contributed by atoms with van der Waals surface area (Å²) in [5.74, 6) is 1.54. The van der Waals surface area contributed by atoms with E-state index in [4.69, 9.17) is 15.3 Å². The first-order chi connectivity index (χ1) is 29.2. The van der Waals surface area contributed by atoms with Crippen molar-refractivity contribution >= 4 is 29.2 Å². The fourth-order valence-corrected chi connectivity index (χ4v) is 8.32. The van der Waals surface area contributed by atoms with Gasteiger partial charge in [-0.1, -0.05) is 195 Å². The largest absolute Gasteiger partial charge is 0.321 e. The lowest BCUT2D eigenvalue weighted by atomic mass is 9.77. The van der Waals surface area contributed by atoms with Crippen LogP contribution >= 0.6 is 0 Å². The summed E-state index contributed by atoms with van der Waals surface area (Å²) in [4.78, 5) is 17.7. The number of hydrogen-bond donors (Lipinski definition) is 0. The molecule has 0 aliphatic heterocycles. The van der Waals surface area contributed by atoms with Gasteiger partial charge in [0.2, 0.25) is 0 Å². The molecule has 7 heteroatoms.